The number of aryl methyl sites for hydroxylation is 1. The Hall–Kier alpha value is -3.08. The molecule has 2 aromatic carbocycles. The van der Waals surface area contributed by atoms with Crippen LogP contribution in [0, 0.1) is 6.92 Å². The fourth-order valence-electron chi connectivity index (χ4n) is 2.10. The summed E-state index contributed by atoms with van der Waals surface area (Å²) in [5.41, 5.74) is 1.79. The van der Waals surface area contributed by atoms with Gasteiger partial charge in [0.15, 0.2) is 6.61 Å². The third-order valence-corrected chi connectivity index (χ3v) is 3.31. The Morgan fingerprint density at radius 3 is 2.58 bits per heavy atom. The molecule has 2 N–H and O–H groups in total. The van der Waals surface area contributed by atoms with Gasteiger partial charge < -0.3 is 15.4 Å². The number of benzene rings is 2. The molecular formula is C19H20N2O3. The van der Waals surface area contributed by atoms with Crippen LogP contribution in [-0.4, -0.2) is 25.0 Å². The SMILES string of the molecule is C=CCNC(=O)c1ccccc1NC(=O)COc1ccccc1C. The number of hydrogen-bond donors (Lipinski definition) is 2. The number of amides is 2. The number of ether oxygens (including phenoxy) is 1. The van der Waals surface area contributed by atoms with E-state index in [1.54, 1.807) is 36.4 Å². The van der Waals surface area contributed by atoms with E-state index in [9.17, 15) is 9.59 Å². The van der Waals surface area contributed by atoms with Crippen LogP contribution < -0.4 is 15.4 Å². The van der Waals surface area contributed by atoms with Crippen LogP contribution in [0.3, 0.4) is 0 Å². The zero-order valence-electron chi connectivity index (χ0n) is 13.5. The van der Waals surface area contributed by atoms with Gasteiger partial charge >= 0.3 is 0 Å². The van der Waals surface area contributed by atoms with Crippen LogP contribution in [-0.2, 0) is 4.79 Å². The summed E-state index contributed by atoms with van der Waals surface area (Å²) in [4.78, 5) is 24.2. The van der Waals surface area contributed by atoms with E-state index in [-0.39, 0.29) is 18.4 Å². The van der Waals surface area contributed by atoms with Crippen molar-refractivity contribution in [3.63, 3.8) is 0 Å². The number of carbonyl (C=O) groups excluding carboxylic acids is 2. The molecule has 0 spiro atoms. The zero-order chi connectivity index (χ0) is 17.4. The molecule has 0 aliphatic rings. The number of nitrogens with one attached hydrogen (secondary N) is 2. The van der Waals surface area contributed by atoms with Gasteiger partial charge in [0.2, 0.25) is 0 Å². The molecule has 2 amide bonds. The van der Waals surface area contributed by atoms with E-state index in [1.165, 1.54) is 0 Å². The molecule has 0 aromatic heterocycles. The molecule has 0 heterocycles. The molecule has 124 valence electrons. The number of carbonyl (C=O) groups is 2. The van der Waals surface area contributed by atoms with Crippen LogP contribution in [0.25, 0.3) is 0 Å². The molecule has 0 saturated heterocycles. The maximum absolute atomic E-state index is 12.1. The van der Waals surface area contributed by atoms with Crippen molar-refractivity contribution in [1.82, 2.24) is 5.32 Å². The molecule has 24 heavy (non-hydrogen) atoms. The summed E-state index contributed by atoms with van der Waals surface area (Å²) in [6, 6.07) is 14.3. The van der Waals surface area contributed by atoms with Gasteiger partial charge in [0.25, 0.3) is 11.8 Å². The van der Waals surface area contributed by atoms with Gasteiger partial charge in [0.1, 0.15) is 5.75 Å². The predicted octanol–water partition coefficient (Wildman–Crippen LogP) is 2.93. The summed E-state index contributed by atoms with van der Waals surface area (Å²) in [5, 5.41) is 5.40. The topological polar surface area (TPSA) is 67.4 Å². The van der Waals surface area contributed by atoms with Crippen LogP contribution in [0.1, 0.15) is 15.9 Å². The Labute approximate surface area is 141 Å². The van der Waals surface area contributed by atoms with Crippen LogP contribution in [0.4, 0.5) is 5.69 Å². The highest BCUT2D eigenvalue weighted by atomic mass is 16.5. The molecular weight excluding hydrogens is 304 g/mol. The average Bonchev–Trinajstić information content (AvgIpc) is 2.59. The normalized spacial score (nSPS) is 9.88. The van der Waals surface area contributed by atoms with E-state index in [0.717, 1.165) is 5.56 Å². The molecule has 0 unspecified atom stereocenters. The largest absolute Gasteiger partial charge is 0.483 e. The van der Waals surface area contributed by atoms with Gasteiger partial charge in [-0.15, -0.1) is 6.58 Å². The quantitative estimate of drug-likeness (QED) is 0.770. The summed E-state index contributed by atoms with van der Waals surface area (Å²) in [5.74, 6) is 0.0532. The molecule has 2 aromatic rings. The number of hydrogen-bond acceptors (Lipinski definition) is 3. The summed E-state index contributed by atoms with van der Waals surface area (Å²) < 4.78 is 5.51. The number of rotatable bonds is 7. The maximum atomic E-state index is 12.1. The minimum Gasteiger partial charge on any atom is -0.483 e. The Morgan fingerprint density at radius 1 is 1.12 bits per heavy atom. The highest BCUT2D eigenvalue weighted by Gasteiger charge is 2.13. The van der Waals surface area contributed by atoms with Gasteiger partial charge in [-0.3, -0.25) is 9.59 Å². The fraction of sp³-hybridized carbons (Fsp3) is 0.158. The smallest absolute Gasteiger partial charge is 0.262 e. The monoisotopic (exact) mass is 324 g/mol. The number of anilines is 1. The summed E-state index contributed by atoms with van der Waals surface area (Å²) >= 11 is 0. The predicted molar refractivity (Wildman–Crippen MR) is 94.3 cm³/mol. The van der Waals surface area contributed by atoms with Gasteiger partial charge in [0, 0.05) is 6.54 Å². The lowest BCUT2D eigenvalue weighted by Crippen LogP contribution is -2.26. The molecule has 0 aliphatic carbocycles. The highest BCUT2D eigenvalue weighted by molar-refractivity contribution is 6.04. The van der Waals surface area contributed by atoms with E-state index in [1.807, 2.05) is 25.1 Å². The highest BCUT2D eigenvalue weighted by Crippen LogP contribution is 2.17. The van der Waals surface area contributed by atoms with Crippen LogP contribution in [0.15, 0.2) is 61.2 Å². The van der Waals surface area contributed by atoms with E-state index in [4.69, 9.17) is 4.74 Å². The number of para-hydroxylation sites is 2. The van der Waals surface area contributed by atoms with Crippen molar-refractivity contribution < 1.29 is 14.3 Å². The summed E-state index contributed by atoms with van der Waals surface area (Å²) in [6.07, 6.45) is 1.59. The second kappa shape index (κ2) is 8.53. The van der Waals surface area contributed by atoms with Crippen molar-refractivity contribution in [3.8, 4) is 5.75 Å². The zero-order valence-corrected chi connectivity index (χ0v) is 13.5. The first-order valence-electron chi connectivity index (χ1n) is 7.58. The Morgan fingerprint density at radius 2 is 1.83 bits per heavy atom. The third-order valence-electron chi connectivity index (χ3n) is 3.31. The molecule has 0 atom stereocenters. The lowest BCUT2D eigenvalue weighted by molar-refractivity contribution is -0.118. The van der Waals surface area contributed by atoms with Gasteiger partial charge in [-0.05, 0) is 30.7 Å². The van der Waals surface area contributed by atoms with E-state index in [2.05, 4.69) is 17.2 Å². The maximum Gasteiger partial charge on any atom is 0.262 e. The first-order valence-corrected chi connectivity index (χ1v) is 7.58. The van der Waals surface area contributed by atoms with Crippen molar-refractivity contribution in [2.45, 2.75) is 6.92 Å². The van der Waals surface area contributed by atoms with Crippen molar-refractivity contribution in [2.75, 3.05) is 18.5 Å². The summed E-state index contributed by atoms with van der Waals surface area (Å²) in [6.45, 7) is 5.69. The van der Waals surface area contributed by atoms with E-state index < -0.39 is 0 Å². The lowest BCUT2D eigenvalue weighted by atomic mass is 10.1. The van der Waals surface area contributed by atoms with Crippen LogP contribution in [0.2, 0.25) is 0 Å². The van der Waals surface area contributed by atoms with Crippen LogP contribution in [0.5, 0.6) is 5.75 Å². The Kier molecular flexibility index (Phi) is 6.14. The molecule has 0 radical (unpaired) electrons. The molecule has 0 bridgehead atoms. The fourth-order valence-corrected chi connectivity index (χ4v) is 2.10. The molecule has 2 rings (SSSR count). The van der Waals surface area contributed by atoms with Gasteiger partial charge in [0.05, 0.1) is 11.3 Å². The average molecular weight is 324 g/mol. The lowest BCUT2D eigenvalue weighted by Gasteiger charge is -2.12. The standard InChI is InChI=1S/C19H20N2O3/c1-3-12-20-19(23)15-9-5-6-10-16(15)21-18(22)13-24-17-11-7-4-8-14(17)2/h3-11H,1,12-13H2,2H3,(H,20,23)(H,21,22). The van der Waals surface area contributed by atoms with E-state index >= 15 is 0 Å². The molecule has 5 nitrogen and oxygen atoms in total. The first kappa shape index (κ1) is 17.3. The van der Waals surface area contributed by atoms with Crippen molar-refractivity contribution in [2.24, 2.45) is 0 Å². The van der Waals surface area contributed by atoms with Crippen molar-refractivity contribution in [3.05, 3.63) is 72.3 Å². The van der Waals surface area contributed by atoms with Gasteiger partial charge in [-0.2, -0.15) is 0 Å². The minimum absolute atomic E-state index is 0.131. The Balaban J connectivity index is 2.00. The minimum atomic E-state index is -0.331. The second-order valence-corrected chi connectivity index (χ2v) is 5.15. The van der Waals surface area contributed by atoms with Crippen molar-refractivity contribution >= 4 is 17.5 Å². The molecule has 0 fully saturated rings. The van der Waals surface area contributed by atoms with Gasteiger partial charge in [-0.25, -0.2) is 0 Å². The second-order valence-electron chi connectivity index (χ2n) is 5.15. The Bertz CT molecular complexity index is 741. The molecule has 5 heteroatoms. The summed E-state index contributed by atoms with van der Waals surface area (Å²) in [7, 11) is 0. The first-order chi connectivity index (χ1) is 11.6. The third kappa shape index (κ3) is 4.71. The van der Waals surface area contributed by atoms with Crippen LogP contribution >= 0.6 is 0 Å². The molecule has 0 saturated carbocycles. The molecule has 0 aliphatic heterocycles. The van der Waals surface area contributed by atoms with Crippen molar-refractivity contribution in [1.29, 1.82) is 0 Å². The van der Waals surface area contributed by atoms with E-state index in [0.29, 0.717) is 23.5 Å². The van der Waals surface area contributed by atoms with Gasteiger partial charge in [-0.1, -0.05) is 36.4 Å².